The molecule has 4 heteroatoms. The van der Waals surface area contributed by atoms with E-state index in [4.69, 9.17) is 0 Å². The molecule has 0 spiro atoms. The van der Waals surface area contributed by atoms with Gasteiger partial charge < -0.3 is 5.32 Å². The van der Waals surface area contributed by atoms with Crippen LogP contribution in [0.25, 0.3) is 5.57 Å². The van der Waals surface area contributed by atoms with E-state index < -0.39 is 9.84 Å². The summed E-state index contributed by atoms with van der Waals surface area (Å²) in [6.07, 6.45) is 1.69. The van der Waals surface area contributed by atoms with Crippen LogP contribution in [0.4, 0.5) is 0 Å². The molecule has 1 unspecified atom stereocenters. The first-order valence-corrected chi connectivity index (χ1v) is 8.06. The fraction of sp³-hybridized carbons (Fsp3) is 0.429. The maximum Gasteiger partial charge on any atom is 0.151 e. The smallest absolute Gasteiger partial charge is 0.151 e. The number of nitrogens with one attached hydrogen (secondary N) is 1. The van der Waals surface area contributed by atoms with E-state index in [1.165, 1.54) is 0 Å². The van der Waals surface area contributed by atoms with Crippen LogP contribution in [0.15, 0.2) is 36.9 Å². The van der Waals surface area contributed by atoms with Crippen LogP contribution in [-0.4, -0.2) is 32.5 Å². The van der Waals surface area contributed by atoms with Crippen molar-refractivity contribution >= 4 is 15.4 Å². The lowest BCUT2D eigenvalue weighted by Crippen LogP contribution is -2.40. The van der Waals surface area contributed by atoms with Gasteiger partial charge in [0.2, 0.25) is 0 Å². The first-order valence-electron chi connectivity index (χ1n) is 6.24. The Hall–Kier alpha value is -1.13. The predicted octanol–water partition coefficient (Wildman–Crippen LogP) is 1.87. The van der Waals surface area contributed by atoms with Gasteiger partial charge in [0.15, 0.2) is 9.84 Å². The van der Waals surface area contributed by atoms with E-state index >= 15 is 0 Å². The molecule has 1 saturated heterocycles. The summed E-state index contributed by atoms with van der Waals surface area (Å²) in [5.41, 5.74) is 2.10. The van der Waals surface area contributed by atoms with Crippen molar-refractivity contribution in [3.8, 4) is 0 Å². The minimum Gasteiger partial charge on any atom is -0.309 e. The first kappa shape index (κ1) is 13.3. The first-order chi connectivity index (χ1) is 8.57. The molecule has 3 nitrogen and oxygen atoms in total. The van der Waals surface area contributed by atoms with Gasteiger partial charge in [-0.3, -0.25) is 0 Å². The van der Waals surface area contributed by atoms with E-state index in [2.05, 4.69) is 11.9 Å². The summed E-state index contributed by atoms with van der Waals surface area (Å²) in [6, 6.07) is 10.0. The third-order valence-electron chi connectivity index (χ3n) is 3.25. The van der Waals surface area contributed by atoms with Crippen LogP contribution in [0.3, 0.4) is 0 Å². The van der Waals surface area contributed by atoms with Crippen molar-refractivity contribution in [2.45, 2.75) is 18.9 Å². The van der Waals surface area contributed by atoms with E-state index in [0.29, 0.717) is 12.3 Å². The van der Waals surface area contributed by atoms with E-state index in [0.717, 1.165) is 24.0 Å². The highest BCUT2D eigenvalue weighted by molar-refractivity contribution is 7.91. The van der Waals surface area contributed by atoms with Crippen LogP contribution in [0.1, 0.15) is 18.4 Å². The zero-order valence-electron chi connectivity index (χ0n) is 10.4. The molecule has 18 heavy (non-hydrogen) atoms. The van der Waals surface area contributed by atoms with Gasteiger partial charge in [0, 0.05) is 12.6 Å². The number of benzene rings is 1. The zero-order valence-corrected chi connectivity index (χ0v) is 11.2. The Balaban J connectivity index is 1.87. The maximum absolute atomic E-state index is 11.5. The number of hydrogen-bond donors (Lipinski definition) is 1. The molecule has 0 saturated carbocycles. The fourth-order valence-corrected chi connectivity index (χ4v) is 3.90. The second-order valence-corrected chi connectivity index (χ2v) is 7.03. The lowest BCUT2D eigenvalue weighted by atomic mass is 10.1. The van der Waals surface area contributed by atoms with E-state index in [9.17, 15) is 8.42 Å². The van der Waals surface area contributed by atoms with Crippen molar-refractivity contribution in [1.82, 2.24) is 5.32 Å². The quantitative estimate of drug-likeness (QED) is 0.904. The third-order valence-corrected chi connectivity index (χ3v) is 5.07. The van der Waals surface area contributed by atoms with Crippen LogP contribution in [-0.2, 0) is 9.84 Å². The molecule has 1 aliphatic heterocycles. The monoisotopic (exact) mass is 265 g/mol. The highest BCUT2D eigenvalue weighted by Crippen LogP contribution is 2.14. The largest absolute Gasteiger partial charge is 0.309 e. The Morgan fingerprint density at radius 1 is 1.33 bits per heavy atom. The van der Waals surface area contributed by atoms with Crippen molar-refractivity contribution in [3.63, 3.8) is 0 Å². The Labute approximate surface area is 109 Å². The Bertz CT molecular complexity index is 508. The molecule has 1 aromatic rings. The van der Waals surface area contributed by atoms with Gasteiger partial charge in [0.25, 0.3) is 0 Å². The SMILES string of the molecule is C=C(CNC1CCCS(=O)(=O)C1)c1ccccc1. The molecular weight excluding hydrogens is 246 g/mol. The Morgan fingerprint density at radius 2 is 2.06 bits per heavy atom. The Morgan fingerprint density at radius 3 is 2.72 bits per heavy atom. The highest BCUT2D eigenvalue weighted by Gasteiger charge is 2.24. The van der Waals surface area contributed by atoms with Crippen LogP contribution in [0.5, 0.6) is 0 Å². The zero-order chi connectivity index (χ0) is 13.0. The van der Waals surface area contributed by atoms with Crippen molar-refractivity contribution in [2.75, 3.05) is 18.1 Å². The number of hydrogen-bond acceptors (Lipinski definition) is 3. The molecule has 98 valence electrons. The molecule has 1 aliphatic rings. The number of rotatable bonds is 4. The molecule has 1 fully saturated rings. The summed E-state index contributed by atoms with van der Waals surface area (Å²) in [4.78, 5) is 0. The maximum atomic E-state index is 11.5. The molecule has 0 radical (unpaired) electrons. The van der Waals surface area contributed by atoms with Crippen LogP contribution >= 0.6 is 0 Å². The summed E-state index contributed by atoms with van der Waals surface area (Å²) in [6.45, 7) is 4.68. The summed E-state index contributed by atoms with van der Waals surface area (Å²) in [7, 11) is -2.84. The molecule has 1 aromatic carbocycles. The van der Waals surface area contributed by atoms with Crippen LogP contribution in [0.2, 0.25) is 0 Å². The van der Waals surface area contributed by atoms with Gasteiger partial charge in [-0.2, -0.15) is 0 Å². The third kappa shape index (κ3) is 3.68. The molecule has 0 aliphatic carbocycles. The molecule has 0 aromatic heterocycles. The lowest BCUT2D eigenvalue weighted by Gasteiger charge is -2.23. The molecule has 1 atom stereocenters. The predicted molar refractivity (Wildman–Crippen MR) is 75.2 cm³/mol. The van der Waals surface area contributed by atoms with Gasteiger partial charge in [-0.05, 0) is 24.0 Å². The van der Waals surface area contributed by atoms with Gasteiger partial charge >= 0.3 is 0 Å². The summed E-state index contributed by atoms with van der Waals surface area (Å²) in [5.74, 6) is 0.597. The Kier molecular flexibility index (Phi) is 4.19. The minimum absolute atomic E-state index is 0.0733. The lowest BCUT2D eigenvalue weighted by molar-refractivity contribution is 0.500. The van der Waals surface area contributed by atoms with E-state index in [1.54, 1.807) is 0 Å². The topological polar surface area (TPSA) is 46.2 Å². The second kappa shape index (κ2) is 5.67. The van der Waals surface area contributed by atoms with Crippen molar-refractivity contribution in [3.05, 3.63) is 42.5 Å². The fourth-order valence-electron chi connectivity index (χ4n) is 2.23. The average molecular weight is 265 g/mol. The van der Waals surface area contributed by atoms with E-state index in [-0.39, 0.29) is 11.8 Å². The molecule has 1 N–H and O–H groups in total. The number of sulfone groups is 1. The van der Waals surface area contributed by atoms with E-state index in [1.807, 2.05) is 30.3 Å². The molecule has 0 bridgehead atoms. The molecule has 1 heterocycles. The van der Waals surface area contributed by atoms with Gasteiger partial charge in [0.05, 0.1) is 11.5 Å². The van der Waals surface area contributed by atoms with Crippen LogP contribution < -0.4 is 5.32 Å². The van der Waals surface area contributed by atoms with Crippen LogP contribution in [0, 0.1) is 0 Å². The van der Waals surface area contributed by atoms with Gasteiger partial charge in [0.1, 0.15) is 0 Å². The highest BCUT2D eigenvalue weighted by atomic mass is 32.2. The normalized spacial score (nSPS) is 22.6. The van der Waals surface area contributed by atoms with Crippen molar-refractivity contribution in [1.29, 1.82) is 0 Å². The van der Waals surface area contributed by atoms with Crippen molar-refractivity contribution < 1.29 is 8.42 Å². The second-order valence-electron chi connectivity index (χ2n) is 4.80. The summed E-state index contributed by atoms with van der Waals surface area (Å²) in [5, 5.41) is 3.30. The van der Waals surface area contributed by atoms with Gasteiger partial charge in [-0.15, -0.1) is 0 Å². The van der Waals surface area contributed by atoms with Gasteiger partial charge in [-0.1, -0.05) is 36.9 Å². The van der Waals surface area contributed by atoms with Crippen molar-refractivity contribution in [2.24, 2.45) is 0 Å². The summed E-state index contributed by atoms with van der Waals surface area (Å²) >= 11 is 0. The average Bonchev–Trinajstić information content (AvgIpc) is 2.36. The molecule has 2 rings (SSSR count). The minimum atomic E-state index is -2.84. The molecular formula is C14H19NO2S. The van der Waals surface area contributed by atoms with Gasteiger partial charge in [-0.25, -0.2) is 8.42 Å². The summed E-state index contributed by atoms with van der Waals surface area (Å²) < 4.78 is 23.0. The molecule has 0 amide bonds. The standard InChI is InChI=1S/C14H19NO2S/c1-12(13-6-3-2-4-7-13)10-15-14-8-5-9-18(16,17)11-14/h2-4,6-7,14-15H,1,5,8-11H2.